The van der Waals surface area contributed by atoms with Crippen molar-refractivity contribution in [2.45, 2.75) is 56.4 Å². The van der Waals surface area contributed by atoms with Gasteiger partial charge >= 0.3 is 0 Å². The summed E-state index contributed by atoms with van der Waals surface area (Å²) >= 11 is 19.6. The second-order valence-corrected chi connectivity index (χ2v) is 15.9. The van der Waals surface area contributed by atoms with Crippen LogP contribution in [0.3, 0.4) is 0 Å². The van der Waals surface area contributed by atoms with Gasteiger partial charge in [0.05, 0.1) is 16.3 Å². The Balaban J connectivity index is 0.00000308. The molecule has 0 fully saturated rings. The molecule has 0 saturated carbocycles. The van der Waals surface area contributed by atoms with Crippen LogP contribution in [0.2, 0.25) is 15.1 Å². The zero-order valence-electron chi connectivity index (χ0n) is 29.4. The maximum Gasteiger partial charge on any atom is 0.264 e. The van der Waals surface area contributed by atoms with Crippen molar-refractivity contribution in [2.75, 3.05) is 38.9 Å². The van der Waals surface area contributed by atoms with E-state index in [0.717, 1.165) is 20.8 Å². The lowest BCUT2D eigenvalue weighted by atomic mass is 10.1. The molecule has 0 heterocycles. The van der Waals surface area contributed by atoms with Crippen molar-refractivity contribution < 1.29 is 17.2 Å². The largest absolute Gasteiger partial charge is 0.380 e. The molecule has 282 valence electrons. The van der Waals surface area contributed by atoms with E-state index in [0.29, 0.717) is 23.0 Å². The molecule has 0 aliphatic heterocycles. The van der Waals surface area contributed by atoms with Crippen molar-refractivity contribution in [1.82, 2.24) is 0 Å². The van der Waals surface area contributed by atoms with Gasteiger partial charge in [0.15, 0.2) is 0 Å². The lowest BCUT2D eigenvalue weighted by Gasteiger charge is -2.31. The first-order valence-corrected chi connectivity index (χ1v) is 20.1. The Morgan fingerprint density at radius 2 is 1.25 bits per heavy atom. The monoisotopic (exact) mass is 822 g/mol. The molecule has 0 spiro atoms. The van der Waals surface area contributed by atoms with Crippen LogP contribution < -0.4 is 30.1 Å². The van der Waals surface area contributed by atoms with Crippen LogP contribution in [0.4, 0.5) is 31.5 Å². The Kier molecular flexibility index (Phi) is 15.0. The van der Waals surface area contributed by atoms with Gasteiger partial charge < -0.3 is 14.9 Å². The van der Waals surface area contributed by atoms with E-state index in [1.807, 2.05) is 32.9 Å². The molecule has 0 unspecified atom stereocenters. The third kappa shape index (κ3) is 10.5. The third-order valence-corrected chi connectivity index (χ3v) is 11.7. The summed E-state index contributed by atoms with van der Waals surface area (Å²) in [6, 6.07) is 20.5. The van der Waals surface area contributed by atoms with E-state index in [2.05, 4.69) is 10.6 Å². The summed E-state index contributed by atoms with van der Waals surface area (Å²) in [5.41, 5.74) is -0.310. The van der Waals surface area contributed by atoms with Crippen molar-refractivity contribution >= 4 is 79.5 Å². The number of hydrogen-bond donors (Lipinski definition) is 2. The molecule has 0 saturated heterocycles. The summed E-state index contributed by atoms with van der Waals surface area (Å²) in [4.78, 5) is 25.8. The molecule has 5 aromatic carbocycles. The molecule has 0 bridgehead atoms. The molecule has 0 aromatic heterocycles. The van der Waals surface area contributed by atoms with Gasteiger partial charge in [-0.1, -0.05) is 66.3 Å². The Bertz CT molecular complexity index is 2180. The Morgan fingerprint density at radius 3 is 1.83 bits per heavy atom. The fourth-order valence-electron chi connectivity index (χ4n) is 5.29. The highest BCUT2D eigenvalue weighted by Crippen LogP contribution is 2.34. The normalized spacial score (nSPS) is 11.8. The van der Waals surface area contributed by atoms with Gasteiger partial charge in [0.25, 0.3) is 20.9 Å². The molecule has 5 aromatic rings. The fourth-order valence-corrected chi connectivity index (χ4v) is 8.40. The van der Waals surface area contributed by atoms with Crippen LogP contribution in [0.5, 0.6) is 0 Å². The highest BCUT2D eigenvalue weighted by molar-refractivity contribution is 8.00. The minimum absolute atomic E-state index is 0.0236. The van der Waals surface area contributed by atoms with Gasteiger partial charge in [0.1, 0.15) is 23.0 Å². The predicted octanol–water partition coefficient (Wildman–Crippen LogP) is 9.96. The van der Waals surface area contributed by atoms with E-state index in [-0.39, 0.29) is 52.2 Å². The molecule has 2 N–H and O–H groups in total. The molecule has 0 radical (unpaired) electrons. The quantitative estimate of drug-likeness (QED) is 0.0577. The van der Waals surface area contributed by atoms with Crippen molar-refractivity contribution in [3.05, 3.63) is 138 Å². The second-order valence-electron chi connectivity index (χ2n) is 11.7. The van der Waals surface area contributed by atoms with Crippen LogP contribution >= 0.6 is 46.8 Å². The van der Waals surface area contributed by atoms with Gasteiger partial charge in [-0.05, 0) is 111 Å². The van der Waals surface area contributed by atoms with Crippen molar-refractivity contribution in [2.24, 2.45) is 0 Å². The number of nitrogens with one attached hydrogen (secondary N) is 2. The van der Waals surface area contributed by atoms with Crippen LogP contribution in [-0.4, -0.2) is 34.1 Å². The summed E-state index contributed by atoms with van der Waals surface area (Å²) in [5.74, 6) is -1.23. The molecule has 8 nitrogen and oxygen atoms in total. The SMILES string of the molecule is CC.Cc1ccc(S(=O)(=O)N(c2cc(Cl)ccc2F)[C@H](C)CCNc2c(NCCCN(Sc3ccc(Cl)cc3)c3cc(Cl)ccc3F)c(=O)c2=O)cc1. The highest BCUT2D eigenvalue weighted by atomic mass is 35.5. The first kappa shape index (κ1) is 41.9. The number of sulfonamides is 1. The number of hydrogen-bond acceptors (Lipinski definition) is 8. The summed E-state index contributed by atoms with van der Waals surface area (Å²) in [5, 5.41) is 7.05. The zero-order valence-corrected chi connectivity index (χ0v) is 33.3. The maximum atomic E-state index is 15.1. The number of aryl methyl sites for hydroxylation is 1. The topological polar surface area (TPSA) is 98.8 Å². The molecule has 0 amide bonds. The summed E-state index contributed by atoms with van der Waals surface area (Å²) < 4.78 is 60.3. The van der Waals surface area contributed by atoms with E-state index in [4.69, 9.17) is 34.8 Å². The smallest absolute Gasteiger partial charge is 0.264 e. The molecule has 0 aliphatic carbocycles. The van der Waals surface area contributed by atoms with Crippen LogP contribution in [0.25, 0.3) is 0 Å². The fraction of sp³-hybridized carbons (Fsp3) is 0.263. The first-order valence-electron chi connectivity index (χ1n) is 16.8. The van der Waals surface area contributed by atoms with E-state index < -0.39 is 38.6 Å². The molecule has 0 aliphatic rings. The second kappa shape index (κ2) is 19.0. The molecule has 1 atom stereocenters. The van der Waals surface area contributed by atoms with E-state index in [1.165, 1.54) is 54.4 Å². The standard InChI is InChI=1S/C36H33Cl3F2N4O4S2.C2H6/c1-22-4-12-28(13-5-22)51(48,49)45(32-21-26(39)9-15-30(32)41)23(2)16-18-43-34-33(35(46)36(34)47)42-17-3-19-44(31-20-25(38)8-14-29(31)40)50-27-10-6-24(37)7-11-27;1-2/h4-15,20-21,23,42-43H,3,16-19H2,1-2H3;1-2H3/t23-;/m1./s1. The molecule has 15 heteroatoms. The number of benzene rings is 4. The minimum atomic E-state index is -4.23. The minimum Gasteiger partial charge on any atom is -0.380 e. The lowest BCUT2D eigenvalue weighted by molar-refractivity contribution is 0.565. The first-order chi connectivity index (χ1) is 25.3. The number of rotatable bonds is 16. The van der Waals surface area contributed by atoms with Gasteiger partial charge in [0.2, 0.25) is 0 Å². The zero-order chi connectivity index (χ0) is 38.9. The summed E-state index contributed by atoms with van der Waals surface area (Å²) in [7, 11) is -4.23. The van der Waals surface area contributed by atoms with Gasteiger partial charge in [-0.15, -0.1) is 0 Å². The average Bonchev–Trinajstić information content (AvgIpc) is 3.14. The van der Waals surface area contributed by atoms with E-state index in [1.54, 1.807) is 35.5 Å². The van der Waals surface area contributed by atoms with Crippen molar-refractivity contribution in [3.63, 3.8) is 0 Å². The Labute approximate surface area is 327 Å². The Morgan fingerprint density at radius 1 is 0.736 bits per heavy atom. The molecular formula is C38H39Cl3F2N4O4S2. The molecular weight excluding hydrogens is 785 g/mol. The highest BCUT2D eigenvalue weighted by Gasteiger charge is 2.32. The summed E-state index contributed by atoms with van der Waals surface area (Å²) in [6.07, 6.45) is 0.580. The Hall–Kier alpha value is -3.81. The predicted molar refractivity (Wildman–Crippen MR) is 217 cm³/mol. The summed E-state index contributed by atoms with van der Waals surface area (Å²) in [6.45, 7) is 8.14. The van der Waals surface area contributed by atoms with Gasteiger partial charge in [-0.2, -0.15) is 0 Å². The van der Waals surface area contributed by atoms with E-state index >= 15 is 4.39 Å². The van der Waals surface area contributed by atoms with Crippen molar-refractivity contribution in [1.29, 1.82) is 0 Å². The maximum absolute atomic E-state index is 15.1. The molecule has 53 heavy (non-hydrogen) atoms. The van der Waals surface area contributed by atoms with Gasteiger partial charge in [0, 0.05) is 45.6 Å². The van der Waals surface area contributed by atoms with Crippen LogP contribution in [0.15, 0.2) is 104 Å². The lowest BCUT2D eigenvalue weighted by Crippen LogP contribution is -2.41. The third-order valence-electron chi connectivity index (χ3n) is 7.94. The van der Waals surface area contributed by atoms with Crippen LogP contribution in [0, 0.1) is 18.6 Å². The van der Waals surface area contributed by atoms with E-state index in [9.17, 15) is 22.4 Å². The van der Waals surface area contributed by atoms with Gasteiger partial charge in [-0.25, -0.2) is 17.2 Å². The van der Waals surface area contributed by atoms with Crippen molar-refractivity contribution in [3.8, 4) is 0 Å². The van der Waals surface area contributed by atoms with Gasteiger partial charge in [-0.3, -0.25) is 13.9 Å². The number of anilines is 4. The van der Waals surface area contributed by atoms with Crippen LogP contribution in [-0.2, 0) is 10.0 Å². The average molecular weight is 824 g/mol. The van der Waals surface area contributed by atoms with Crippen LogP contribution in [0.1, 0.15) is 39.2 Å². The number of halogens is 5. The molecule has 5 rings (SSSR count). The number of nitrogens with zero attached hydrogens (tertiary/aromatic N) is 2.